The zero-order valence-corrected chi connectivity index (χ0v) is 19.0. The molecule has 1 aromatic carbocycles. The normalized spacial score (nSPS) is 11.3. The number of benzene rings is 1. The molecule has 168 valence electrons. The van der Waals surface area contributed by atoms with Crippen LogP contribution in [0.3, 0.4) is 0 Å². The van der Waals surface area contributed by atoms with Crippen molar-refractivity contribution in [2.24, 2.45) is 0 Å². The fourth-order valence-electron chi connectivity index (χ4n) is 2.69. The molecule has 0 fully saturated rings. The summed E-state index contributed by atoms with van der Waals surface area (Å²) in [6.07, 6.45) is -2.41. The van der Waals surface area contributed by atoms with Gasteiger partial charge in [-0.3, -0.25) is 9.20 Å². The average Bonchev–Trinajstić information content (AvgIpc) is 3.18. The summed E-state index contributed by atoms with van der Waals surface area (Å²) in [7, 11) is 0. The molecule has 0 spiro atoms. The fraction of sp³-hybridized carbons (Fsp3) is 0.300. The lowest BCUT2D eigenvalue weighted by Gasteiger charge is -2.15. The van der Waals surface area contributed by atoms with Crippen molar-refractivity contribution >= 4 is 46.6 Å². The molecule has 0 N–H and O–H groups in total. The predicted octanol–water partition coefficient (Wildman–Crippen LogP) is 7.15. The number of thioether (sulfide) groups is 1. The van der Waals surface area contributed by atoms with Crippen LogP contribution in [0, 0.1) is 5.82 Å². The standard InChI is InChI=1S/C18H12Cl2F4N2O2S.C2H6/c1-2-28-15(27)8-29-13-5-9(12(21)6-10(13)19)16-11(20)7-14(18(22,23)24)26-4-3-25-17(16)26;1-2/h3-7H,2,8H2,1H3;1-2H3. The highest BCUT2D eigenvalue weighted by atomic mass is 35.5. The van der Waals surface area contributed by atoms with E-state index in [-0.39, 0.29) is 39.2 Å². The molecule has 0 atom stereocenters. The van der Waals surface area contributed by atoms with E-state index >= 15 is 0 Å². The Balaban J connectivity index is 0.00000166. The van der Waals surface area contributed by atoms with Gasteiger partial charge in [0.25, 0.3) is 0 Å². The third-order valence-electron chi connectivity index (χ3n) is 3.86. The van der Waals surface area contributed by atoms with E-state index in [2.05, 4.69) is 4.98 Å². The summed E-state index contributed by atoms with van der Waals surface area (Å²) in [6, 6.07) is 3.05. The lowest BCUT2D eigenvalue weighted by atomic mass is 10.1. The second-order valence-electron chi connectivity index (χ2n) is 5.73. The maximum absolute atomic E-state index is 14.7. The molecule has 0 aliphatic rings. The molecule has 0 saturated carbocycles. The molecule has 3 aromatic rings. The Hall–Kier alpha value is -1.97. The highest BCUT2D eigenvalue weighted by Crippen LogP contribution is 2.41. The Morgan fingerprint density at radius 3 is 2.48 bits per heavy atom. The van der Waals surface area contributed by atoms with Crippen LogP contribution in [0.15, 0.2) is 35.5 Å². The topological polar surface area (TPSA) is 43.6 Å². The van der Waals surface area contributed by atoms with Crippen molar-refractivity contribution in [3.8, 4) is 11.1 Å². The molecule has 2 aromatic heterocycles. The summed E-state index contributed by atoms with van der Waals surface area (Å²) in [4.78, 5) is 15.8. The van der Waals surface area contributed by atoms with Gasteiger partial charge < -0.3 is 4.74 Å². The molecular formula is C20H18Cl2F4N2O2S. The van der Waals surface area contributed by atoms with Gasteiger partial charge in [0, 0.05) is 28.4 Å². The van der Waals surface area contributed by atoms with Crippen molar-refractivity contribution in [3.63, 3.8) is 0 Å². The maximum Gasteiger partial charge on any atom is 0.431 e. The number of aromatic nitrogens is 2. The van der Waals surface area contributed by atoms with Gasteiger partial charge in [-0.05, 0) is 25.1 Å². The summed E-state index contributed by atoms with van der Waals surface area (Å²) in [6.45, 7) is 5.87. The van der Waals surface area contributed by atoms with Crippen LogP contribution in [0.2, 0.25) is 10.0 Å². The van der Waals surface area contributed by atoms with E-state index in [1.165, 1.54) is 6.07 Å². The van der Waals surface area contributed by atoms with E-state index in [0.29, 0.717) is 11.0 Å². The molecule has 0 radical (unpaired) electrons. The largest absolute Gasteiger partial charge is 0.465 e. The lowest BCUT2D eigenvalue weighted by molar-refractivity contribution is -0.142. The number of pyridine rings is 1. The Bertz CT molecular complexity index is 1090. The van der Waals surface area contributed by atoms with Crippen LogP contribution in [0.4, 0.5) is 17.6 Å². The molecule has 0 bridgehead atoms. The highest BCUT2D eigenvalue weighted by Gasteiger charge is 2.35. The number of imidazole rings is 1. The van der Waals surface area contributed by atoms with Crippen LogP contribution in [0.25, 0.3) is 16.8 Å². The Morgan fingerprint density at radius 1 is 1.19 bits per heavy atom. The fourth-order valence-corrected chi connectivity index (χ4v) is 4.05. The molecule has 0 aliphatic heterocycles. The summed E-state index contributed by atoms with van der Waals surface area (Å²) in [5.74, 6) is -1.34. The summed E-state index contributed by atoms with van der Waals surface area (Å²) in [5.41, 5.74) is -1.30. The second kappa shape index (κ2) is 10.6. The molecule has 0 aliphatic carbocycles. The van der Waals surface area contributed by atoms with Crippen molar-refractivity contribution in [2.75, 3.05) is 12.4 Å². The molecular weight excluding hydrogens is 479 g/mol. The first-order chi connectivity index (χ1) is 14.6. The minimum atomic E-state index is -4.68. The first kappa shape index (κ1) is 25.3. The number of hydrogen-bond acceptors (Lipinski definition) is 4. The van der Waals surface area contributed by atoms with Gasteiger partial charge in [-0.1, -0.05) is 37.0 Å². The first-order valence-electron chi connectivity index (χ1n) is 9.14. The van der Waals surface area contributed by atoms with Crippen LogP contribution >= 0.6 is 35.0 Å². The SMILES string of the molecule is CC.CCOC(=O)CSc1cc(-c2c(Cl)cc(C(F)(F)F)n3ccnc23)c(F)cc1Cl. The van der Waals surface area contributed by atoms with Crippen molar-refractivity contribution in [2.45, 2.75) is 31.8 Å². The summed E-state index contributed by atoms with van der Waals surface area (Å²) in [5, 5.41) is -0.276. The molecule has 11 heteroatoms. The molecule has 0 unspecified atom stereocenters. The van der Waals surface area contributed by atoms with Crippen LogP contribution in [0.5, 0.6) is 0 Å². The highest BCUT2D eigenvalue weighted by molar-refractivity contribution is 8.00. The van der Waals surface area contributed by atoms with E-state index in [0.717, 1.165) is 34.6 Å². The van der Waals surface area contributed by atoms with Gasteiger partial charge in [-0.25, -0.2) is 9.37 Å². The number of nitrogens with zero attached hydrogens (tertiary/aromatic N) is 2. The third kappa shape index (κ3) is 5.64. The number of ether oxygens (including phenoxy) is 1. The van der Waals surface area contributed by atoms with Crippen LogP contribution < -0.4 is 0 Å². The van der Waals surface area contributed by atoms with Crippen molar-refractivity contribution in [1.29, 1.82) is 0 Å². The Labute approximate surface area is 190 Å². The summed E-state index contributed by atoms with van der Waals surface area (Å²) >= 11 is 13.2. The second-order valence-corrected chi connectivity index (χ2v) is 7.56. The zero-order valence-electron chi connectivity index (χ0n) is 16.7. The molecule has 0 saturated heterocycles. The van der Waals surface area contributed by atoms with E-state index in [1.54, 1.807) is 6.92 Å². The number of carbonyl (C=O) groups is 1. The monoisotopic (exact) mass is 496 g/mol. The Kier molecular flexibility index (Phi) is 8.62. The van der Waals surface area contributed by atoms with Crippen molar-refractivity contribution < 1.29 is 27.1 Å². The molecule has 0 amide bonds. The maximum atomic E-state index is 14.7. The quantitative estimate of drug-likeness (QED) is 0.213. The number of carbonyl (C=O) groups excluding carboxylic acids is 1. The van der Waals surface area contributed by atoms with E-state index < -0.39 is 23.7 Å². The van der Waals surface area contributed by atoms with Crippen molar-refractivity contribution in [3.05, 3.63) is 52.1 Å². The van der Waals surface area contributed by atoms with Gasteiger partial charge in [0.1, 0.15) is 17.2 Å². The number of hydrogen-bond donors (Lipinski definition) is 0. The Morgan fingerprint density at radius 2 is 1.87 bits per heavy atom. The molecule has 2 heterocycles. The lowest BCUT2D eigenvalue weighted by Crippen LogP contribution is -2.12. The number of halogens is 6. The van der Waals surface area contributed by atoms with Gasteiger partial charge >= 0.3 is 12.1 Å². The predicted molar refractivity (Wildman–Crippen MR) is 114 cm³/mol. The number of rotatable bonds is 5. The van der Waals surface area contributed by atoms with E-state index in [9.17, 15) is 22.4 Å². The summed E-state index contributed by atoms with van der Waals surface area (Å²) < 4.78 is 60.2. The van der Waals surface area contributed by atoms with Gasteiger partial charge in [-0.15, -0.1) is 11.8 Å². The van der Waals surface area contributed by atoms with Gasteiger partial charge in [0.15, 0.2) is 0 Å². The minimum absolute atomic E-state index is 0.0168. The number of alkyl halides is 3. The van der Waals surface area contributed by atoms with Gasteiger partial charge in [0.05, 0.1) is 22.4 Å². The van der Waals surface area contributed by atoms with Gasteiger partial charge in [0.2, 0.25) is 0 Å². The average molecular weight is 497 g/mol. The van der Waals surface area contributed by atoms with Crippen LogP contribution in [-0.4, -0.2) is 27.7 Å². The number of fused-ring (bicyclic) bond motifs is 1. The number of esters is 1. The molecule has 3 rings (SSSR count). The smallest absolute Gasteiger partial charge is 0.431 e. The van der Waals surface area contributed by atoms with Gasteiger partial charge in [-0.2, -0.15) is 13.2 Å². The minimum Gasteiger partial charge on any atom is -0.465 e. The first-order valence-corrected chi connectivity index (χ1v) is 10.9. The van der Waals surface area contributed by atoms with Crippen LogP contribution in [0.1, 0.15) is 26.5 Å². The molecule has 4 nitrogen and oxygen atoms in total. The van der Waals surface area contributed by atoms with E-state index in [4.69, 9.17) is 27.9 Å². The van der Waals surface area contributed by atoms with Crippen molar-refractivity contribution in [1.82, 2.24) is 9.38 Å². The molecule has 31 heavy (non-hydrogen) atoms. The van der Waals surface area contributed by atoms with Crippen LogP contribution in [-0.2, 0) is 15.7 Å². The third-order valence-corrected chi connectivity index (χ3v) is 5.61. The van der Waals surface area contributed by atoms with E-state index in [1.807, 2.05) is 13.8 Å². The zero-order chi connectivity index (χ0) is 23.3.